The molecule has 0 heterocycles. The molecule has 0 aliphatic carbocycles. The topological polar surface area (TPSA) is 58.4 Å². The number of nitrogens with one attached hydrogen (secondary N) is 1. The summed E-state index contributed by atoms with van der Waals surface area (Å²) in [5.74, 6) is 0.0318. The molecule has 1 amide bonds. The summed E-state index contributed by atoms with van der Waals surface area (Å²) in [5, 5.41) is 1.47. The molecule has 0 aliphatic heterocycles. The summed E-state index contributed by atoms with van der Waals surface area (Å²) in [5.41, 5.74) is 8.05. The van der Waals surface area contributed by atoms with Crippen molar-refractivity contribution in [2.75, 3.05) is 20.1 Å². The van der Waals surface area contributed by atoms with Crippen LogP contribution >= 0.6 is 0 Å². The van der Waals surface area contributed by atoms with Crippen LogP contribution in [0.1, 0.15) is 13.3 Å². The molecule has 10 heavy (non-hydrogen) atoms. The highest BCUT2D eigenvalue weighted by molar-refractivity contribution is 5.75. The molecule has 0 aromatic rings. The van der Waals surface area contributed by atoms with Crippen molar-refractivity contribution in [1.82, 2.24) is 10.4 Å². The molecule has 0 saturated heterocycles. The number of hydrogen-bond acceptors (Lipinski definition) is 3. The Morgan fingerprint density at radius 1 is 1.70 bits per heavy atom. The van der Waals surface area contributed by atoms with Gasteiger partial charge in [0.1, 0.15) is 0 Å². The molecular formula is C6H15N3O. The number of hydrogen-bond donors (Lipinski definition) is 2. The lowest BCUT2D eigenvalue weighted by Gasteiger charge is -2.16. The van der Waals surface area contributed by atoms with Crippen LogP contribution in [0.15, 0.2) is 0 Å². The fourth-order valence-corrected chi connectivity index (χ4v) is 0.617. The molecule has 0 saturated carbocycles. The van der Waals surface area contributed by atoms with Gasteiger partial charge in [0.05, 0.1) is 0 Å². The summed E-state index contributed by atoms with van der Waals surface area (Å²) < 4.78 is 0. The van der Waals surface area contributed by atoms with Gasteiger partial charge in [0, 0.05) is 26.6 Å². The summed E-state index contributed by atoms with van der Waals surface area (Å²) in [4.78, 5) is 10.9. The molecule has 0 unspecified atom stereocenters. The normalized spacial score (nSPS) is 9.50. The number of rotatable bonds is 4. The third-order valence-corrected chi connectivity index (χ3v) is 1.13. The van der Waals surface area contributed by atoms with Gasteiger partial charge in [0.15, 0.2) is 0 Å². The van der Waals surface area contributed by atoms with Crippen LogP contribution in [0.4, 0.5) is 0 Å². The molecule has 4 heteroatoms. The highest BCUT2D eigenvalue weighted by atomic mass is 16.2. The monoisotopic (exact) mass is 145 g/mol. The number of hydrazine groups is 1. The van der Waals surface area contributed by atoms with E-state index in [2.05, 4.69) is 5.43 Å². The lowest BCUT2D eigenvalue weighted by atomic mass is 10.4. The SMILES string of the molecule is CCNN(C)C(=O)CCN. The zero-order valence-corrected chi connectivity index (χ0v) is 6.55. The van der Waals surface area contributed by atoms with Gasteiger partial charge in [-0.25, -0.2) is 5.43 Å². The molecule has 0 aliphatic rings. The lowest BCUT2D eigenvalue weighted by Crippen LogP contribution is -2.40. The van der Waals surface area contributed by atoms with Crippen molar-refractivity contribution in [3.05, 3.63) is 0 Å². The predicted octanol–water partition coefficient (Wildman–Crippen LogP) is -0.682. The van der Waals surface area contributed by atoms with E-state index >= 15 is 0 Å². The maximum Gasteiger partial charge on any atom is 0.237 e. The van der Waals surface area contributed by atoms with Gasteiger partial charge in [0.25, 0.3) is 0 Å². The van der Waals surface area contributed by atoms with Crippen LogP contribution in [0.3, 0.4) is 0 Å². The van der Waals surface area contributed by atoms with Crippen molar-refractivity contribution in [2.45, 2.75) is 13.3 Å². The average molecular weight is 145 g/mol. The molecule has 60 valence electrons. The van der Waals surface area contributed by atoms with Crippen LogP contribution < -0.4 is 11.2 Å². The second-order valence-corrected chi connectivity index (χ2v) is 2.00. The molecule has 0 atom stereocenters. The van der Waals surface area contributed by atoms with Crippen molar-refractivity contribution >= 4 is 5.91 Å². The summed E-state index contributed by atoms with van der Waals surface area (Å²) >= 11 is 0. The molecule has 0 fully saturated rings. The first kappa shape index (κ1) is 9.39. The van der Waals surface area contributed by atoms with E-state index in [1.54, 1.807) is 7.05 Å². The Balaban J connectivity index is 3.49. The van der Waals surface area contributed by atoms with E-state index in [9.17, 15) is 4.79 Å². The third kappa shape index (κ3) is 3.42. The van der Waals surface area contributed by atoms with Gasteiger partial charge in [-0.1, -0.05) is 6.92 Å². The minimum atomic E-state index is 0.0318. The summed E-state index contributed by atoms with van der Waals surface area (Å²) in [6, 6.07) is 0. The van der Waals surface area contributed by atoms with Crippen LogP contribution in [0.5, 0.6) is 0 Å². The molecule has 4 nitrogen and oxygen atoms in total. The number of carbonyl (C=O) groups is 1. The fraction of sp³-hybridized carbons (Fsp3) is 0.833. The number of carbonyl (C=O) groups excluding carboxylic acids is 1. The Morgan fingerprint density at radius 2 is 2.30 bits per heavy atom. The average Bonchev–Trinajstić information content (AvgIpc) is 1.89. The zero-order valence-electron chi connectivity index (χ0n) is 6.55. The van der Waals surface area contributed by atoms with Gasteiger partial charge in [-0.3, -0.25) is 9.80 Å². The van der Waals surface area contributed by atoms with Crippen LogP contribution in [-0.2, 0) is 4.79 Å². The van der Waals surface area contributed by atoms with Gasteiger partial charge >= 0.3 is 0 Å². The van der Waals surface area contributed by atoms with Crippen molar-refractivity contribution in [3.63, 3.8) is 0 Å². The minimum Gasteiger partial charge on any atom is -0.330 e. The lowest BCUT2D eigenvalue weighted by molar-refractivity contribution is -0.132. The van der Waals surface area contributed by atoms with Crippen molar-refractivity contribution < 1.29 is 4.79 Å². The van der Waals surface area contributed by atoms with Gasteiger partial charge in [0.2, 0.25) is 5.91 Å². The Bertz CT molecular complexity index is 105. The quantitative estimate of drug-likeness (QED) is 0.515. The Labute approximate surface area is 61.3 Å². The molecular weight excluding hydrogens is 130 g/mol. The fourth-order valence-electron chi connectivity index (χ4n) is 0.617. The molecule has 0 rings (SSSR count). The van der Waals surface area contributed by atoms with E-state index in [4.69, 9.17) is 5.73 Å². The zero-order chi connectivity index (χ0) is 7.98. The molecule has 0 radical (unpaired) electrons. The third-order valence-electron chi connectivity index (χ3n) is 1.13. The van der Waals surface area contributed by atoms with Crippen molar-refractivity contribution in [3.8, 4) is 0 Å². The standard InChI is InChI=1S/C6H15N3O/c1-3-8-9(2)6(10)4-5-7/h8H,3-5,7H2,1-2H3. The summed E-state index contributed by atoms with van der Waals surface area (Å²) in [7, 11) is 1.70. The van der Waals surface area contributed by atoms with E-state index in [-0.39, 0.29) is 5.91 Å². The van der Waals surface area contributed by atoms with E-state index < -0.39 is 0 Å². The van der Waals surface area contributed by atoms with Crippen LogP contribution in [0.2, 0.25) is 0 Å². The minimum absolute atomic E-state index is 0.0318. The number of amides is 1. The van der Waals surface area contributed by atoms with Crippen LogP contribution in [0, 0.1) is 0 Å². The van der Waals surface area contributed by atoms with Crippen molar-refractivity contribution in [2.24, 2.45) is 5.73 Å². The molecule has 0 aromatic heterocycles. The first-order valence-corrected chi connectivity index (χ1v) is 3.42. The van der Waals surface area contributed by atoms with Crippen LogP contribution in [0.25, 0.3) is 0 Å². The van der Waals surface area contributed by atoms with Gasteiger partial charge in [-0.05, 0) is 0 Å². The predicted molar refractivity (Wildman–Crippen MR) is 40.1 cm³/mol. The van der Waals surface area contributed by atoms with Gasteiger partial charge < -0.3 is 5.73 Å². The van der Waals surface area contributed by atoms with E-state index in [0.717, 1.165) is 6.54 Å². The maximum atomic E-state index is 10.9. The highest BCUT2D eigenvalue weighted by Crippen LogP contribution is 1.82. The Hall–Kier alpha value is -0.610. The Morgan fingerprint density at radius 3 is 2.70 bits per heavy atom. The first-order chi connectivity index (χ1) is 4.72. The molecule has 0 spiro atoms. The summed E-state index contributed by atoms with van der Waals surface area (Å²) in [6.45, 7) is 3.10. The van der Waals surface area contributed by atoms with E-state index in [1.807, 2.05) is 6.92 Å². The number of nitrogens with zero attached hydrogens (tertiary/aromatic N) is 1. The molecule has 3 N–H and O–H groups in total. The number of nitrogens with two attached hydrogens (primary N) is 1. The van der Waals surface area contributed by atoms with Crippen molar-refractivity contribution in [1.29, 1.82) is 0 Å². The van der Waals surface area contributed by atoms with E-state index in [0.29, 0.717) is 13.0 Å². The van der Waals surface area contributed by atoms with Crippen LogP contribution in [-0.4, -0.2) is 31.1 Å². The van der Waals surface area contributed by atoms with Gasteiger partial charge in [-0.15, -0.1) is 0 Å². The molecule has 0 bridgehead atoms. The highest BCUT2D eigenvalue weighted by Gasteiger charge is 2.03. The Kier molecular flexibility index (Phi) is 4.88. The molecule has 0 aromatic carbocycles. The van der Waals surface area contributed by atoms with Gasteiger partial charge in [-0.2, -0.15) is 0 Å². The van der Waals surface area contributed by atoms with E-state index in [1.165, 1.54) is 5.01 Å². The first-order valence-electron chi connectivity index (χ1n) is 3.42. The second-order valence-electron chi connectivity index (χ2n) is 2.00. The maximum absolute atomic E-state index is 10.9. The smallest absolute Gasteiger partial charge is 0.237 e. The summed E-state index contributed by atoms with van der Waals surface area (Å²) in [6.07, 6.45) is 0.406. The largest absolute Gasteiger partial charge is 0.330 e. The second kappa shape index (κ2) is 5.20.